The first kappa shape index (κ1) is 19.4. The molecule has 6 heteroatoms. The van der Waals surface area contributed by atoms with E-state index < -0.39 is 6.10 Å². The average Bonchev–Trinajstić information content (AvgIpc) is 3.32. The highest BCUT2D eigenvalue weighted by Crippen LogP contribution is 2.39. The van der Waals surface area contributed by atoms with Gasteiger partial charge in [0.2, 0.25) is 5.91 Å². The van der Waals surface area contributed by atoms with Crippen LogP contribution in [0.2, 0.25) is 0 Å². The fourth-order valence-electron chi connectivity index (χ4n) is 3.31. The molecule has 3 N–H and O–H groups in total. The number of aryl methyl sites for hydroxylation is 1. The number of nitrogens with one attached hydrogen (secondary N) is 1. The van der Waals surface area contributed by atoms with Crippen molar-refractivity contribution < 1.29 is 19.8 Å². The molecule has 25 heavy (non-hydrogen) atoms. The second kappa shape index (κ2) is 8.45. The van der Waals surface area contributed by atoms with Gasteiger partial charge >= 0.3 is 0 Å². The minimum atomic E-state index is -0.508. The monoisotopic (exact) mass is 348 g/mol. The molecule has 1 aromatic rings. The fraction of sp³-hybridized carbons (Fsp3) is 0.579. The lowest BCUT2D eigenvalue weighted by molar-refractivity contribution is -0.132. The largest absolute Gasteiger partial charge is 0.483 e. The van der Waals surface area contributed by atoms with Gasteiger partial charge in [-0.2, -0.15) is 0 Å². The number of hydrogen-bond acceptors (Lipinski definition) is 4. The Kier molecular flexibility index (Phi) is 6.56. The molecule has 0 unspecified atom stereocenters. The number of amides is 1. The van der Waals surface area contributed by atoms with Crippen LogP contribution in [0.3, 0.4) is 0 Å². The number of aliphatic hydroxyl groups excluding tert-OH is 1. The van der Waals surface area contributed by atoms with E-state index >= 15 is 0 Å². The molecule has 0 spiro atoms. The smallest absolute Gasteiger partial charge is 0.290 e. The maximum atomic E-state index is 12.6. The Morgan fingerprint density at radius 1 is 1.36 bits per heavy atom. The van der Waals surface area contributed by atoms with Gasteiger partial charge in [0.25, 0.3) is 6.47 Å². The summed E-state index contributed by atoms with van der Waals surface area (Å²) in [5.41, 5.74) is 2.44. The van der Waals surface area contributed by atoms with Crippen molar-refractivity contribution in [3.63, 3.8) is 0 Å². The van der Waals surface area contributed by atoms with Crippen molar-refractivity contribution in [3.05, 3.63) is 35.4 Å². The molecule has 3 rings (SSSR count). The van der Waals surface area contributed by atoms with Crippen molar-refractivity contribution in [1.29, 1.82) is 0 Å². The van der Waals surface area contributed by atoms with Crippen molar-refractivity contribution in [2.45, 2.75) is 44.2 Å². The van der Waals surface area contributed by atoms with Gasteiger partial charge in [-0.25, -0.2) is 0 Å². The summed E-state index contributed by atoms with van der Waals surface area (Å²) in [6.07, 6.45) is 3.12. The number of benzene rings is 1. The van der Waals surface area contributed by atoms with Gasteiger partial charge in [0, 0.05) is 18.6 Å². The third kappa shape index (κ3) is 5.54. The molecule has 1 aromatic carbocycles. The predicted molar refractivity (Wildman–Crippen MR) is 95.3 cm³/mol. The Morgan fingerprint density at radius 3 is 2.52 bits per heavy atom. The summed E-state index contributed by atoms with van der Waals surface area (Å²) >= 11 is 0. The van der Waals surface area contributed by atoms with Crippen LogP contribution in [0, 0.1) is 12.8 Å². The molecular weight excluding hydrogens is 320 g/mol. The zero-order chi connectivity index (χ0) is 18.4. The van der Waals surface area contributed by atoms with E-state index in [-0.39, 0.29) is 23.8 Å². The SMILES string of the molecule is Cc1ccc(CC2(NC(=O)[C@@H]3CN(C)CC[C@@H]3O)CC2)cc1.O=CO. The molecule has 0 radical (unpaired) electrons. The van der Waals surface area contributed by atoms with Gasteiger partial charge in [0.1, 0.15) is 0 Å². The van der Waals surface area contributed by atoms with E-state index in [0.717, 1.165) is 25.8 Å². The highest BCUT2D eigenvalue weighted by atomic mass is 16.3. The van der Waals surface area contributed by atoms with Crippen LogP contribution in [0.15, 0.2) is 24.3 Å². The average molecular weight is 348 g/mol. The van der Waals surface area contributed by atoms with Crippen molar-refractivity contribution >= 4 is 12.4 Å². The molecule has 138 valence electrons. The molecular formula is C19H28N2O4. The number of carbonyl (C=O) groups is 2. The summed E-state index contributed by atoms with van der Waals surface area (Å²) < 4.78 is 0. The van der Waals surface area contributed by atoms with Crippen molar-refractivity contribution in [2.24, 2.45) is 5.92 Å². The molecule has 1 aliphatic carbocycles. The van der Waals surface area contributed by atoms with E-state index in [0.29, 0.717) is 13.0 Å². The van der Waals surface area contributed by atoms with Crippen molar-refractivity contribution in [1.82, 2.24) is 10.2 Å². The van der Waals surface area contributed by atoms with Gasteiger partial charge in [-0.15, -0.1) is 0 Å². The quantitative estimate of drug-likeness (QED) is 0.712. The van der Waals surface area contributed by atoms with E-state index in [1.54, 1.807) is 0 Å². The molecule has 1 heterocycles. The Bertz CT molecular complexity index is 584. The highest BCUT2D eigenvalue weighted by molar-refractivity contribution is 5.81. The van der Waals surface area contributed by atoms with Crippen LogP contribution in [0.4, 0.5) is 0 Å². The Hall–Kier alpha value is -1.92. The normalized spacial score (nSPS) is 24.6. The number of aliphatic hydroxyl groups is 1. The third-order valence-electron chi connectivity index (χ3n) is 5.02. The molecule has 2 fully saturated rings. The van der Waals surface area contributed by atoms with E-state index in [4.69, 9.17) is 9.90 Å². The molecule has 1 aliphatic heterocycles. The van der Waals surface area contributed by atoms with Crippen LogP contribution in [0.1, 0.15) is 30.4 Å². The first-order valence-corrected chi connectivity index (χ1v) is 8.71. The lowest BCUT2D eigenvalue weighted by Gasteiger charge is -2.34. The van der Waals surface area contributed by atoms with Crippen molar-refractivity contribution in [3.8, 4) is 0 Å². The van der Waals surface area contributed by atoms with Gasteiger partial charge in [0.05, 0.1) is 12.0 Å². The number of hydrogen-bond donors (Lipinski definition) is 3. The summed E-state index contributed by atoms with van der Waals surface area (Å²) in [4.78, 5) is 23.0. The van der Waals surface area contributed by atoms with Gasteiger partial charge < -0.3 is 20.4 Å². The first-order chi connectivity index (χ1) is 11.9. The number of carbonyl (C=O) groups excluding carboxylic acids is 1. The van der Waals surface area contributed by atoms with Crippen LogP contribution >= 0.6 is 0 Å². The lowest BCUT2D eigenvalue weighted by atomic mass is 9.93. The standard InChI is InChI=1S/C18H26N2O2.CH2O2/c1-13-3-5-14(6-4-13)11-18(8-9-18)19-17(22)15-12-20(2)10-7-16(15)21;2-1-3/h3-6,15-16,21H,7-12H2,1-2H3,(H,19,22);1H,(H,2,3)/t15-,16+;/m1./s1. The number of likely N-dealkylation sites (tertiary alicyclic amines) is 1. The van der Waals surface area contributed by atoms with E-state index in [1.807, 2.05) is 7.05 Å². The number of rotatable bonds is 4. The number of piperidine rings is 1. The van der Waals surface area contributed by atoms with Crippen LogP contribution in [0.5, 0.6) is 0 Å². The second-order valence-electron chi connectivity index (χ2n) is 7.26. The van der Waals surface area contributed by atoms with Crippen LogP contribution in [0.25, 0.3) is 0 Å². The summed E-state index contributed by atoms with van der Waals surface area (Å²) in [6, 6.07) is 8.52. The predicted octanol–water partition coefficient (Wildman–Crippen LogP) is 1.20. The van der Waals surface area contributed by atoms with Gasteiger partial charge in [-0.3, -0.25) is 9.59 Å². The topological polar surface area (TPSA) is 89.9 Å². The lowest BCUT2D eigenvalue weighted by Crippen LogP contribution is -2.51. The molecule has 2 aliphatic rings. The minimum Gasteiger partial charge on any atom is -0.483 e. The molecule has 0 aromatic heterocycles. The third-order valence-corrected chi connectivity index (χ3v) is 5.02. The zero-order valence-electron chi connectivity index (χ0n) is 14.9. The van der Waals surface area contributed by atoms with Crippen LogP contribution < -0.4 is 5.32 Å². The zero-order valence-corrected chi connectivity index (χ0v) is 14.9. The van der Waals surface area contributed by atoms with Gasteiger partial charge in [0.15, 0.2) is 0 Å². The molecule has 1 amide bonds. The molecule has 0 bridgehead atoms. The van der Waals surface area contributed by atoms with E-state index in [2.05, 4.69) is 41.4 Å². The summed E-state index contributed by atoms with van der Waals surface area (Å²) in [6.45, 7) is 3.34. The Labute approximate surface area is 148 Å². The molecule has 1 saturated heterocycles. The second-order valence-corrected chi connectivity index (χ2v) is 7.26. The highest BCUT2D eigenvalue weighted by Gasteiger charge is 2.46. The van der Waals surface area contributed by atoms with E-state index in [9.17, 15) is 9.90 Å². The van der Waals surface area contributed by atoms with Crippen LogP contribution in [-0.2, 0) is 16.0 Å². The van der Waals surface area contributed by atoms with Crippen LogP contribution in [-0.4, -0.2) is 59.3 Å². The summed E-state index contributed by atoms with van der Waals surface area (Å²) in [7, 11) is 2.01. The summed E-state index contributed by atoms with van der Waals surface area (Å²) in [5.74, 6) is -0.280. The maximum absolute atomic E-state index is 12.6. The maximum Gasteiger partial charge on any atom is 0.290 e. The molecule has 1 saturated carbocycles. The fourth-order valence-corrected chi connectivity index (χ4v) is 3.31. The molecule has 2 atom stereocenters. The molecule has 6 nitrogen and oxygen atoms in total. The first-order valence-electron chi connectivity index (χ1n) is 8.71. The van der Waals surface area contributed by atoms with Gasteiger partial charge in [-0.05, 0) is 45.2 Å². The summed E-state index contributed by atoms with van der Waals surface area (Å²) in [5, 5.41) is 20.2. The number of carboxylic acid groups (broad SMARTS) is 1. The Morgan fingerprint density at radius 2 is 1.96 bits per heavy atom. The Balaban J connectivity index is 0.000000701. The number of nitrogens with zero attached hydrogens (tertiary/aromatic N) is 1. The van der Waals surface area contributed by atoms with Crippen molar-refractivity contribution in [2.75, 3.05) is 20.1 Å². The minimum absolute atomic E-state index is 0.0173. The van der Waals surface area contributed by atoms with Gasteiger partial charge in [-0.1, -0.05) is 29.8 Å². The van der Waals surface area contributed by atoms with E-state index in [1.165, 1.54) is 11.1 Å².